The van der Waals surface area contributed by atoms with Gasteiger partial charge in [0, 0.05) is 0 Å². The Hall–Kier alpha value is -1.63. The van der Waals surface area contributed by atoms with Crippen molar-refractivity contribution < 1.29 is 14.5 Å². The predicted molar refractivity (Wildman–Crippen MR) is 59.7 cm³/mol. The van der Waals surface area contributed by atoms with Gasteiger partial charge in [-0.2, -0.15) is 4.68 Å². The van der Waals surface area contributed by atoms with E-state index in [0.29, 0.717) is 0 Å². The second-order valence-corrected chi connectivity index (χ2v) is 4.54. The number of aromatic nitrogens is 2. The minimum atomic E-state index is -0.835. The smallest absolute Gasteiger partial charge is 0.408 e. The minimum Gasteiger partial charge on any atom is -0.469 e. The molecule has 8 heteroatoms. The van der Waals surface area contributed by atoms with Crippen LogP contribution < -0.4 is 0 Å². The van der Waals surface area contributed by atoms with Crippen LogP contribution in [0.1, 0.15) is 13.8 Å². The molecule has 1 heterocycles. The molecule has 0 atom stereocenters. The van der Waals surface area contributed by atoms with E-state index in [1.807, 2.05) is 0 Å². The topological polar surface area (TPSA) is 87.3 Å². The second-order valence-electron chi connectivity index (χ2n) is 4.13. The van der Waals surface area contributed by atoms with Gasteiger partial charge in [-0.05, 0) is 18.8 Å². The fraction of sp³-hybridized carbons (Fsp3) is 0.556. The molecule has 0 radical (unpaired) electrons. The second kappa shape index (κ2) is 4.70. The summed E-state index contributed by atoms with van der Waals surface area (Å²) in [4.78, 5) is 21.3. The van der Waals surface area contributed by atoms with Crippen LogP contribution in [0.3, 0.4) is 0 Å². The summed E-state index contributed by atoms with van der Waals surface area (Å²) < 4.78 is 5.89. The molecule has 0 N–H and O–H groups in total. The van der Waals surface area contributed by atoms with Gasteiger partial charge in [0.1, 0.15) is 0 Å². The Morgan fingerprint density at radius 3 is 2.71 bits per heavy atom. The maximum Gasteiger partial charge on any atom is 0.408 e. The zero-order valence-corrected chi connectivity index (χ0v) is 10.4. The van der Waals surface area contributed by atoms with E-state index in [2.05, 4.69) is 9.84 Å². The van der Waals surface area contributed by atoms with Crippen LogP contribution in [0.5, 0.6) is 0 Å². The van der Waals surface area contributed by atoms with Crippen LogP contribution in [-0.2, 0) is 16.1 Å². The van der Waals surface area contributed by atoms with Gasteiger partial charge in [0.05, 0.1) is 30.4 Å². The highest BCUT2D eigenvalue weighted by Crippen LogP contribution is 2.25. The van der Waals surface area contributed by atoms with E-state index in [9.17, 15) is 14.9 Å². The molecule has 0 bridgehead atoms. The Labute approximate surface area is 102 Å². The Bertz CT molecular complexity index is 455. The molecule has 0 spiro atoms. The standard InChI is InChI=1S/C9H12ClN3O4/c1-9(2,8(14)17-3)5-12-4-6(10)7(11-12)13(15)16/h4H,5H2,1-3H3. The van der Waals surface area contributed by atoms with Gasteiger partial charge in [0.25, 0.3) is 0 Å². The lowest BCUT2D eigenvalue weighted by atomic mass is 9.94. The van der Waals surface area contributed by atoms with Crippen LogP contribution >= 0.6 is 11.6 Å². The summed E-state index contributed by atoms with van der Waals surface area (Å²) in [5.74, 6) is -0.848. The van der Waals surface area contributed by atoms with E-state index in [1.54, 1.807) is 13.8 Å². The van der Waals surface area contributed by atoms with Crippen molar-refractivity contribution in [3.63, 3.8) is 0 Å². The fourth-order valence-electron chi connectivity index (χ4n) is 1.34. The summed E-state index contributed by atoms with van der Waals surface area (Å²) in [6, 6.07) is 0. The SMILES string of the molecule is COC(=O)C(C)(C)Cn1cc(Cl)c([N+](=O)[O-])n1. The van der Waals surface area contributed by atoms with Gasteiger partial charge in [-0.15, -0.1) is 0 Å². The Kier molecular flexibility index (Phi) is 3.72. The van der Waals surface area contributed by atoms with Crippen molar-refractivity contribution in [3.05, 3.63) is 21.3 Å². The highest BCUT2D eigenvalue weighted by molar-refractivity contribution is 6.32. The highest BCUT2D eigenvalue weighted by Gasteiger charge is 2.32. The molecule has 0 saturated carbocycles. The van der Waals surface area contributed by atoms with Gasteiger partial charge in [-0.3, -0.25) is 4.79 Å². The predicted octanol–water partition coefficient (Wildman–Crippen LogP) is 1.64. The summed E-state index contributed by atoms with van der Waals surface area (Å²) >= 11 is 5.64. The number of nitrogens with zero attached hydrogens (tertiary/aromatic N) is 3. The summed E-state index contributed by atoms with van der Waals surface area (Å²) in [7, 11) is 1.28. The van der Waals surface area contributed by atoms with Crippen molar-refractivity contribution in [2.24, 2.45) is 5.41 Å². The molecule has 0 fully saturated rings. The fourth-order valence-corrected chi connectivity index (χ4v) is 1.56. The molecule has 1 aromatic heterocycles. The van der Waals surface area contributed by atoms with Crippen molar-refractivity contribution in [1.29, 1.82) is 0 Å². The van der Waals surface area contributed by atoms with Gasteiger partial charge in [0.15, 0.2) is 5.02 Å². The van der Waals surface area contributed by atoms with Crippen LogP contribution in [0, 0.1) is 15.5 Å². The lowest BCUT2D eigenvalue weighted by molar-refractivity contribution is -0.389. The van der Waals surface area contributed by atoms with Crippen LogP contribution in [0.25, 0.3) is 0 Å². The van der Waals surface area contributed by atoms with Gasteiger partial charge < -0.3 is 14.9 Å². The van der Waals surface area contributed by atoms with Gasteiger partial charge in [-0.1, -0.05) is 11.6 Å². The molecule has 0 amide bonds. The number of carbonyl (C=O) groups is 1. The summed E-state index contributed by atoms with van der Waals surface area (Å²) in [6.07, 6.45) is 1.31. The molecule has 7 nitrogen and oxygen atoms in total. The molecule has 0 aromatic carbocycles. The first kappa shape index (κ1) is 13.4. The number of ether oxygens (including phenoxy) is 1. The molecule has 0 aliphatic rings. The van der Waals surface area contributed by atoms with Crippen molar-refractivity contribution in [2.45, 2.75) is 20.4 Å². The number of halogens is 1. The quantitative estimate of drug-likeness (QED) is 0.467. The molecule has 0 unspecified atom stereocenters. The minimum absolute atomic E-state index is 0.0596. The normalized spacial score (nSPS) is 11.3. The first-order valence-corrected chi connectivity index (χ1v) is 5.11. The Morgan fingerprint density at radius 2 is 2.29 bits per heavy atom. The maximum absolute atomic E-state index is 11.4. The molecular weight excluding hydrogens is 250 g/mol. The summed E-state index contributed by atoms with van der Waals surface area (Å²) in [5.41, 5.74) is -0.835. The first-order valence-electron chi connectivity index (χ1n) is 4.73. The summed E-state index contributed by atoms with van der Waals surface area (Å²) in [6.45, 7) is 3.45. The monoisotopic (exact) mass is 261 g/mol. The average Bonchev–Trinajstić information content (AvgIpc) is 2.57. The third-order valence-corrected chi connectivity index (χ3v) is 2.43. The molecule has 0 aliphatic heterocycles. The Morgan fingerprint density at radius 1 is 1.71 bits per heavy atom. The molecule has 0 aliphatic carbocycles. The molecule has 1 aromatic rings. The maximum atomic E-state index is 11.4. The molecule has 0 saturated heterocycles. The zero-order chi connectivity index (χ0) is 13.2. The number of hydrogen-bond donors (Lipinski definition) is 0. The number of hydrogen-bond acceptors (Lipinski definition) is 5. The van der Waals surface area contributed by atoms with E-state index < -0.39 is 22.1 Å². The van der Waals surface area contributed by atoms with Crippen LogP contribution in [-0.4, -0.2) is 27.8 Å². The van der Waals surface area contributed by atoms with Crippen LogP contribution in [0.2, 0.25) is 5.02 Å². The number of carbonyl (C=O) groups excluding carboxylic acids is 1. The molecular formula is C9H12ClN3O4. The third-order valence-electron chi connectivity index (χ3n) is 2.17. The van der Waals surface area contributed by atoms with Crippen molar-refractivity contribution >= 4 is 23.4 Å². The number of esters is 1. The summed E-state index contributed by atoms with van der Waals surface area (Å²) in [5, 5.41) is 14.2. The van der Waals surface area contributed by atoms with E-state index in [4.69, 9.17) is 11.6 Å². The van der Waals surface area contributed by atoms with E-state index in [1.165, 1.54) is 18.0 Å². The van der Waals surface area contributed by atoms with Crippen molar-refractivity contribution in [1.82, 2.24) is 9.78 Å². The number of nitro groups is 1. The largest absolute Gasteiger partial charge is 0.469 e. The lowest BCUT2D eigenvalue weighted by Crippen LogP contribution is -2.30. The van der Waals surface area contributed by atoms with Crippen LogP contribution in [0.4, 0.5) is 5.82 Å². The molecule has 94 valence electrons. The molecule has 1 rings (SSSR count). The average molecular weight is 262 g/mol. The van der Waals surface area contributed by atoms with Crippen molar-refractivity contribution in [3.8, 4) is 0 Å². The molecule has 17 heavy (non-hydrogen) atoms. The van der Waals surface area contributed by atoms with Gasteiger partial charge in [-0.25, -0.2) is 0 Å². The lowest BCUT2D eigenvalue weighted by Gasteiger charge is -2.19. The number of rotatable bonds is 4. The van der Waals surface area contributed by atoms with E-state index in [0.717, 1.165) is 0 Å². The highest BCUT2D eigenvalue weighted by atomic mass is 35.5. The Balaban J connectivity index is 2.93. The van der Waals surface area contributed by atoms with Crippen LogP contribution in [0.15, 0.2) is 6.20 Å². The van der Waals surface area contributed by atoms with Crippen molar-refractivity contribution in [2.75, 3.05) is 7.11 Å². The van der Waals surface area contributed by atoms with Gasteiger partial charge in [0.2, 0.25) is 0 Å². The van der Waals surface area contributed by atoms with E-state index >= 15 is 0 Å². The van der Waals surface area contributed by atoms with E-state index in [-0.39, 0.29) is 11.6 Å². The number of methoxy groups -OCH3 is 1. The zero-order valence-electron chi connectivity index (χ0n) is 9.64. The van der Waals surface area contributed by atoms with Gasteiger partial charge >= 0.3 is 11.8 Å². The first-order chi connectivity index (χ1) is 7.77. The third kappa shape index (κ3) is 2.94.